The van der Waals surface area contributed by atoms with E-state index in [2.05, 4.69) is 5.32 Å². The fourth-order valence-electron chi connectivity index (χ4n) is 4.64. The molecule has 3 aromatic carbocycles. The summed E-state index contributed by atoms with van der Waals surface area (Å²) in [5.41, 5.74) is 4.24. The van der Waals surface area contributed by atoms with Crippen molar-refractivity contribution in [3.63, 3.8) is 0 Å². The molecule has 0 saturated heterocycles. The van der Waals surface area contributed by atoms with Crippen molar-refractivity contribution in [2.45, 2.75) is 19.9 Å². The molecule has 0 saturated carbocycles. The van der Waals surface area contributed by atoms with Crippen LogP contribution in [0.1, 0.15) is 25.5 Å². The molecule has 1 aliphatic heterocycles. The third-order valence-corrected chi connectivity index (χ3v) is 6.75. The Hall–Kier alpha value is -4.56. The number of hydrogen-bond acceptors (Lipinski definition) is 5. The number of esters is 1. The minimum absolute atomic E-state index is 0.186. The van der Waals surface area contributed by atoms with Gasteiger partial charge in [-0.3, -0.25) is 4.90 Å². The standard InChI is InChI=1S/C30H27ClN4O4/c1-4-39-29(36)26-19(2)35(23-14-12-21(31)13-15-23)30(37)32-28(26)25-18-34(22-8-6-5-7-9-22)33-27(25)20-10-16-24(38-3)17-11-20/h5-18,28H,4H2,1-3H3,(H,32,37). The van der Waals surface area contributed by atoms with E-state index in [1.165, 1.54) is 4.90 Å². The van der Waals surface area contributed by atoms with Crippen LogP contribution in [0.4, 0.5) is 10.5 Å². The van der Waals surface area contributed by atoms with E-state index < -0.39 is 12.0 Å². The third kappa shape index (κ3) is 5.11. The molecular weight excluding hydrogens is 516 g/mol. The number of nitrogens with zero attached hydrogens (tertiary/aromatic N) is 3. The van der Waals surface area contributed by atoms with Gasteiger partial charge in [0.25, 0.3) is 0 Å². The number of aromatic nitrogens is 2. The number of amides is 2. The SMILES string of the molecule is CCOC(=O)C1=C(C)N(c2ccc(Cl)cc2)C(=O)NC1c1cn(-c2ccccc2)nc1-c1ccc(OC)cc1. The molecule has 0 radical (unpaired) electrons. The van der Waals surface area contributed by atoms with Crippen LogP contribution in [0.5, 0.6) is 5.75 Å². The van der Waals surface area contributed by atoms with Gasteiger partial charge >= 0.3 is 12.0 Å². The van der Waals surface area contributed by atoms with E-state index in [-0.39, 0.29) is 12.6 Å². The Morgan fingerprint density at radius 1 is 1.00 bits per heavy atom. The van der Waals surface area contributed by atoms with Crippen LogP contribution >= 0.6 is 11.6 Å². The Kier molecular flexibility index (Phi) is 7.38. The first-order valence-electron chi connectivity index (χ1n) is 12.4. The lowest BCUT2D eigenvalue weighted by Crippen LogP contribution is -2.48. The lowest BCUT2D eigenvalue weighted by atomic mass is 9.93. The largest absolute Gasteiger partial charge is 0.497 e. The molecule has 0 aliphatic carbocycles. The van der Waals surface area contributed by atoms with Gasteiger partial charge in [-0.1, -0.05) is 29.8 Å². The van der Waals surface area contributed by atoms with Crippen LogP contribution in [0.3, 0.4) is 0 Å². The number of benzene rings is 3. The molecule has 1 N–H and O–H groups in total. The zero-order chi connectivity index (χ0) is 27.5. The second kappa shape index (κ2) is 11.0. The van der Waals surface area contributed by atoms with E-state index in [0.717, 1.165) is 11.3 Å². The molecule has 2 heterocycles. The number of carbonyl (C=O) groups excluding carboxylic acids is 2. The molecule has 9 heteroatoms. The monoisotopic (exact) mass is 542 g/mol. The van der Waals surface area contributed by atoms with Crippen LogP contribution in [0.25, 0.3) is 16.9 Å². The van der Waals surface area contributed by atoms with Crippen molar-refractivity contribution in [3.05, 3.63) is 107 Å². The van der Waals surface area contributed by atoms with Gasteiger partial charge in [0, 0.05) is 28.0 Å². The van der Waals surface area contributed by atoms with E-state index in [4.69, 9.17) is 26.2 Å². The minimum Gasteiger partial charge on any atom is -0.497 e. The number of rotatable bonds is 7. The van der Waals surface area contributed by atoms with Gasteiger partial charge in [0.15, 0.2) is 0 Å². The van der Waals surface area contributed by atoms with E-state index in [9.17, 15) is 9.59 Å². The zero-order valence-electron chi connectivity index (χ0n) is 21.7. The van der Waals surface area contributed by atoms with Crippen molar-refractivity contribution in [1.29, 1.82) is 0 Å². The Morgan fingerprint density at radius 3 is 2.33 bits per heavy atom. The summed E-state index contributed by atoms with van der Waals surface area (Å²) >= 11 is 6.07. The number of methoxy groups -OCH3 is 1. The summed E-state index contributed by atoms with van der Waals surface area (Å²) in [6.45, 7) is 3.67. The first-order chi connectivity index (χ1) is 18.9. The highest BCUT2D eigenvalue weighted by atomic mass is 35.5. The van der Waals surface area contributed by atoms with Crippen LogP contribution in [0.2, 0.25) is 5.02 Å². The molecule has 1 unspecified atom stereocenters. The molecule has 1 aliphatic rings. The maximum atomic E-state index is 13.6. The third-order valence-electron chi connectivity index (χ3n) is 6.50. The number of urea groups is 1. The highest BCUT2D eigenvalue weighted by Gasteiger charge is 2.39. The lowest BCUT2D eigenvalue weighted by Gasteiger charge is -2.35. The molecule has 8 nitrogen and oxygen atoms in total. The topological polar surface area (TPSA) is 85.7 Å². The summed E-state index contributed by atoms with van der Waals surface area (Å²) in [7, 11) is 1.60. The number of para-hydroxylation sites is 1. The molecule has 4 aromatic rings. The smallest absolute Gasteiger partial charge is 0.338 e. The number of carbonyl (C=O) groups is 2. The van der Waals surface area contributed by atoms with Crippen molar-refractivity contribution >= 4 is 29.3 Å². The van der Waals surface area contributed by atoms with Gasteiger partial charge in [0.05, 0.1) is 42.4 Å². The summed E-state index contributed by atoms with van der Waals surface area (Å²) in [6, 6.07) is 22.8. The summed E-state index contributed by atoms with van der Waals surface area (Å²) in [4.78, 5) is 28.4. The van der Waals surface area contributed by atoms with Crippen molar-refractivity contribution in [2.75, 3.05) is 18.6 Å². The summed E-state index contributed by atoms with van der Waals surface area (Å²) in [5.74, 6) is 0.183. The molecule has 39 heavy (non-hydrogen) atoms. The molecular formula is C30H27ClN4O4. The summed E-state index contributed by atoms with van der Waals surface area (Å²) in [6.07, 6.45) is 1.84. The maximum Gasteiger partial charge on any atom is 0.338 e. The van der Waals surface area contributed by atoms with Crippen molar-refractivity contribution in [3.8, 4) is 22.7 Å². The average Bonchev–Trinajstić information content (AvgIpc) is 3.40. The molecule has 1 aromatic heterocycles. The Labute approximate surface area is 231 Å². The van der Waals surface area contributed by atoms with Gasteiger partial charge in [-0.15, -0.1) is 0 Å². The Bertz CT molecular complexity index is 1530. The van der Waals surface area contributed by atoms with Crippen LogP contribution in [0.15, 0.2) is 96.3 Å². The number of ether oxygens (including phenoxy) is 2. The molecule has 1 atom stereocenters. The molecule has 2 amide bonds. The maximum absolute atomic E-state index is 13.6. The highest BCUT2D eigenvalue weighted by molar-refractivity contribution is 6.30. The fourth-order valence-corrected chi connectivity index (χ4v) is 4.76. The summed E-state index contributed by atoms with van der Waals surface area (Å²) < 4.78 is 12.5. The molecule has 0 bridgehead atoms. The Balaban J connectivity index is 1.69. The predicted molar refractivity (Wildman–Crippen MR) is 150 cm³/mol. The van der Waals surface area contributed by atoms with Gasteiger partial charge < -0.3 is 14.8 Å². The van der Waals surface area contributed by atoms with E-state index in [1.807, 2.05) is 60.8 Å². The highest BCUT2D eigenvalue weighted by Crippen LogP contribution is 2.38. The molecule has 198 valence electrons. The number of halogens is 1. The van der Waals surface area contributed by atoms with Gasteiger partial charge in [0.2, 0.25) is 0 Å². The van der Waals surface area contributed by atoms with Crippen LogP contribution in [0, 0.1) is 0 Å². The molecule has 0 fully saturated rings. The van der Waals surface area contributed by atoms with Crippen LogP contribution in [-0.2, 0) is 9.53 Å². The van der Waals surface area contributed by atoms with E-state index in [0.29, 0.717) is 39.0 Å². The van der Waals surface area contributed by atoms with E-state index in [1.54, 1.807) is 49.9 Å². The Morgan fingerprint density at radius 2 is 1.69 bits per heavy atom. The van der Waals surface area contributed by atoms with Gasteiger partial charge in [-0.25, -0.2) is 14.3 Å². The predicted octanol–water partition coefficient (Wildman–Crippen LogP) is 6.31. The van der Waals surface area contributed by atoms with Gasteiger partial charge in [-0.05, 0) is 74.5 Å². The molecule has 0 spiro atoms. The van der Waals surface area contributed by atoms with Gasteiger partial charge in [-0.2, -0.15) is 5.10 Å². The quantitative estimate of drug-likeness (QED) is 0.277. The fraction of sp³-hybridized carbons (Fsp3) is 0.167. The summed E-state index contributed by atoms with van der Waals surface area (Å²) in [5, 5.41) is 8.45. The van der Waals surface area contributed by atoms with Crippen molar-refractivity contribution in [2.24, 2.45) is 0 Å². The number of anilines is 1. The lowest BCUT2D eigenvalue weighted by molar-refractivity contribution is -0.139. The average molecular weight is 543 g/mol. The van der Waals surface area contributed by atoms with E-state index >= 15 is 0 Å². The van der Waals surface area contributed by atoms with Gasteiger partial charge in [0.1, 0.15) is 5.75 Å². The van der Waals surface area contributed by atoms with Crippen molar-refractivity contribution < 1.29 is 19.1 Å². The zero-order valence-corrected chi connectivity index (χ0v) is 22.5. The van der Waals surface area contributed by atoms with Crippen LogP contribution in [-0.4, -0.2) is 35.5 Å². The minimum atomic E-state index is -0.810. The number of nitrogens with one attached hydrogen (secondary N) is 1. The first-order valence-corrected chi connectivity index (χ1v) is 12.8. The van der Waals surface area contributed by atoms with Crippen LogP contribution < -0.4 is 15.0 Å². The molecule has 5 rings (SSSR count). The first kappa shape index (κ1) is 26.1. The number of allylic oxidation sites excluding steroid dienone is 1. The second-order valence-electron chi connectivity index (χ2n) is 8.86. The normalized spacial score (nSPS) is 15.2. The second-order valence-corrected chi connectivity index (χ2v) is 9.29. The van der Waals surface area contributed by atoms with Crippen molar-refractivity contribution in [1.82, 2.24) is 15.1 Å². The number of hydrogen-bond donors (Lipinski definition) is 1.